The maximum absolute atomic E-state index is 14.1. The Hall–Kier alpha value is -3.90. The lowest BCUT2D eigenvalue weighted by Gasteiger charge is -2.43. The van der Waals surface area contributed by atoms with Crippen molar-refractivity contribution in [2.45, 2.75) is 12.0 Å². The van der Waals surface area contributed by atoms with Crippen molar-refractivity contribution in [3.05, 3.63) is 107 Å². The fourth-order valence-electron chi connectivity index (χ4n) is 5.41. The summed E-state index contributed by atoms with van der Waals surface area (Å²) >= 11 is 0. The molecule has 2 aliphatic heterocycles. The van der Waals surface area contributed by atoms with Gasteiger partial charge in [-0.15, -0.1) is 0 Å². The first-order chi connectivity index (χ1) is 18.1. The number of carbonyl (C=O) groups is 2. The van der Waals surface area contributed by atoms with E-state index in [-0.39, 0.29) is 17.9 Å². The van der Waals surface area contributed by atoms with E-state index in [1.807, 2.05) is 71.6 Å². The molecule has 0 aliphatic carbocycles. The Kier molecular flexibility index (Phi) is 7.37. The molecule has 0 bridgehead atoms. The van der Waals surface area contributed by atoms with Crippen molar-refractivity contribution in [1.29, 1.82) is 0 Å². The summed E-state index contributed by atoms with van der Waals surface area (Å²) in [6, 6.07) is 25.1. The van der Waals surface area contributed by atoms with Gasteiger partial charge in [-0.2, -0.15) is 0 Å². The SMILES string of the molecule is COc1ccc([C@H]2[C@H](C(=O)N3CCN(C/C=C/c4ccccc4)CC3)c3ccccc3C(=O)N2C)cc1. The van der Waals surface area contributed by atoms with Crippen molar-refractivity contribution < 1.29 is 14.3 Å². The number of carbonyl (C=O) groups excluding carboxylic acids is 2. The molecule has 0 aromatic heterocycles. The molecule has 0 unspecified atom stereocenters. The first-order valence-corrected chi connectivity index (χ1v) is 12.8. The van der Waals surface area contributed by atoms with Gasteiger partial charge in [0, 0.05) is 45.3 Å². The molecule has 2 atom stereocenters. The van der Waals surface area contributed by atoms with Crippen molar-refractivity contribution in [3.63, 3.8) is 0 Å². The van der Waals surface area contributed by atoms with Crippen LogP contribution in [0.3, 0.4) is 0 Å². The first-order valence-electron chi connectivity index (χ1n) is 12.8. The highest BCUT2D eigenvalue weighted by atomic mass is 16.5. The molecular weight excluding hydrogens is 462 g/mol. The molecule has 0 spiro atoms. The summed E-state index contributed by atoms with van der Waals surface area (Å²) in [6.45, 7) is 3.84. The van der Waals surface area contributed by atoms with Crippen LogP contribution in [0.5, 0.6) is 5.75 Å². The number of methoxy groups -OCH3 is 1. The molecule has 2 heterocycles. The molecular formula is C31H33N3O3. The Morgan fingerprint density at radius 3 is 2.30 bits per heavy atom. The van der Waals surface area contributed by atoms with Gasteiger partial charge in [-0.25, -0.2) is 0 Å². The topological polar surface area (TPSA) is 53.1 Å². The van der Waals surface area contributed by atoms with E-state index in [1.165, 1.54) is 5.56 Å². The van der Waals surface area contributed by atoms with E-state index >= 15 is 0 Å². The Bertz CT molecular complexity index is 1260. The maximum Gasteiger partial charge on any atom is 0.254 e. The molecule has 37 heavy (non-hydrogen) atoms. The molecule has 3 aromatic rings. The predicted molar refractivity (Wildman–Crippen MR) is 146 cm³/mol. The Morgan fingerprint density at radius 2 is 1.59 bits per heavy atom. The monoisotopic (exact) mass is 495 g/mol. The van der Waals surface area contributed by atoms with Crippen molar-refractivity contribution >= 4 is 17.9 Å². The number of nitrogens with zero attached hydrogens (tertiary/aromatic N) is 3. The summed E-state index contributed by atoms with van der Waals surface area (Å²) in [5, 5.41) is 0. The van der Waals surface area contributed by atoms with Crippen LogP contribution in [0.2, 0.25) is 0 Å². The summed E-state index contributed by atoms with van der Waals surface area (Å²) in [6.07, 6.45) is 4.33. The third-order valence-corrected chi connectivity index (χ3v) is 7.46. The second-order valence-corrected chi connectivity index (χ2v) is 9.64. The molecule has 6 nitrogen and oxygen atoms in total. The van der Waals surface area contributed by atoms with Crippen LogP contribution in [0.1, 0.15) is 39.0 Å². The maximum atomic E-state index is 14.1. The molecule has 5 rings (SSSR count). The minimum absolute atomic E-state index is 0.0597. The minimum atomic E-state index is -0.461. The molecule has 2 amide bonds. The number of fused-ring (bicyclic) bond motifs is 1. The van der Waals surface area contributed by atoms with E-state index in [0.29, 0.717) is 18.7 Å². The summed E-state index contributed by atoms with van der Waals surface area (Å²) in [4.78, 5) is 33.4. The van der Waals surface area contributed by atoms with Gasteiger partial charge in [0.05, 0.1) is 19.1 Å². The molecule has 0 radical (unpaired) electrons. The summed E-state index contributed by atoms with van der Waals surface area (Å²) in [7, 11) is 3.43. The average molecular weight is 496 g/mol. The second kappa shape index (κ2) is 11.0. The fourth-order valence-corrected chi connectivity index (χ4v) is 5.41. The van der Waals surface area contributed by atoms with Crippen LogP contribution in [0.15, 0.2) is 84.9 Å². The number of hydrogen-bond acceptors (Lipinski definition) is 4. The normalized spacial score (nSPS) is 20.2. The van der Waals surface area contributed by atoms with Gasteiger partial charge < -0.3 is 14.5 Å². The lowest BCUT2D eigenvalue weighted by atomic mass is 9.79. The van der Waals surface area contributed by atoms with E-state index in [4.69, 9.17) is 4.74 Å². The third-order valence-electron chi connectivity index (χ3n) is 7.46. The highest BCUT2D eigenvalue weighted by Crippen LogP contribution is 2.43. The van der Waals surface area contributed by atoms with E-state index in [2.05, 4.69) is 29.2 Å². The number of hydrogen-bond donors (Lipinski definition) is 0. The molecule has 6 heteroatoms. The van der Waals surface area contributed by atoms with E-state index < -0.39 is 5.92 Å². The highest BCUT2D eigenvalue weighted by molar-refractivity contribution is 6.01. The van der Waals surface area contributed by atoms with Crippen molar-refractivity contribution in [1.82, 2.24) is 14.7 Å². The molecule has 0 saturated carbocycles. The van der Waals surface area contributed by atoms with Crippen LogP contribution in [0.25, 0.3) is 6.08 Å². The quantitative estimate of drug-likeness (QED) is 0.507. The van der Waals surface area contributed by atoms with Crippen LogP contribution in [-0.2, 0) is 4.79 Å². The zero-order chi connectivity index (χ0) is 25.8. The van der Waals surface area contributed by atoms with E-state index in [9.17, 15) is 9.59 Å². The van der Waals surface area contributed by atoms with Gasteiger partial charge in [0.1, 0.15) is 5.75 Å². The smallest absolute Gasteiger partial charge is 0.254 e. The first kappa shape index (κ1) is 24.8. The highest BCUT2D eigenvalue weighted by Gasteiger charge is 2.44. The van der Waals surface area contributed by atoms with Crippen LogP contribution in [0, 0.1) is 0 Å². The van der Waals surface area contributed by atoms with Gasteiger partial charge in [0.25, 0.3) is 5.91 Å². The minimum Gasteiger partial charge on any atom is -0.497 e. The number of benzene rings is 3. The number of piperazine rings is 1. The lowest BCUT2D eigenvalue weighted by Crippen LogP contribution is -2.52. The van der Waals surface area contributed by atoms with Crippen LogP contribution in [0.4, 0.5) is 0 Å². The predicted octanol–water partition coefficient (Wildman–Crippen LogP) is 4.46. The lowest BCUT2D eigenvalue weighted by molar-refractivity contribution is -0.136. The van der Waals surface area contributed by atoms with Gasteiger partial charge in [0.2, 0.25) is 5.91 Å². The number of ether oxygens (including phenoxy) is 1. The number of likely N-dealkylation sites (N-methyl/N-ethyl adjacent to an activating group) is 1. The van der Waals surface area contributed by atoms with Crippen molar-refractivity contribution in [2.75, 3.05) is 46.9 Å². The van der Waals surface area contributed by atoms with E-state index in [0.717, 1.165) is 36.5 Å². The molecule has 2 aliphatic rings. The van der Waals surface area contributed by atoms with Crippen LogP contribution < -0.4 is 4.74 Å². The van der Waals surface area contributed by atoms with Gasteiger partial charge in [-0.05, 0) is 34.9 Å². The molecule has 190 valence electrons. The van der Waals surface area contributed by atoms with Crippen molar-refractivity contribution in [2.24, 2.45) is 0 Å². The molecule has 1 fully saturated rings. The van der Waals surface area contributed by atoms with Crippen LogP contribution >= 0.6 is 0 Å². The Morgan fingerprint density at radius 1 is 0.919 bits per heavy atom. The number of amides is 2. The molecule has 1 saturated heterocycles. The third kappa shape index (κ3) is 5.16. The number of rotatable bonds is 6. The van der Waals surface area contributed by atoms with Crippen LogP contribution in [-0.4, -0.2) is 73.4 Å². The van der Waals surface area contributed by atoms with E-state index in [1.54, 1.807) is 19.1 Å². The van der Waals surface area contributed by atoms with Gasteiger partial charge in [-0.3, -0.25) is 14.5 Å². The zero-order valence-corrected chi connectivity index (χ0v) is 21.4. The summed E-state index contributed by atoms with van der Waals surface area (Å²) in [5.41, 5.74) is 3.53. The second-order valence-electron chi connectivity index (χ2n) is 9.64. The van der Waals surface area contributed by atoms with Gasteiger partial charge in [-0.1, -0.05) is 72.8 Å². The Balaban J connectivity index is 1.34. The van der Waals surface area contributed by atoms with Gasteiger partial charge >= 0.3 is 0 Å². The summed E-state index contributed by atoms with van der Waals surface area (Å²) < 4.78 is 5.33. The fraction of sp³-hybridized carbons (Fsp3) is 0.290. The standard InChI is InChI=1S/C31H33N3O3/c1-32-29(24-14-16-25(37-2)17-15-24)28(26-12-6-7-13-27(26)30(32)35)31(36)34-21-19-33(20-22-34)18-8-11-23-9-4-3-5-10-23/h3-17,28-29H,18-22H2,1-2H3/b11-8+/t28-,29+/m1/s1. The summed E-state index contributed by atoms with van der Waals surface area (Å²) in [5.74, 6) is 0.300. The molecule has 0 N–H and O–H groups in total. The molecule has 3 aromatic carbocycles. The average Bonchev–Trinajstić information content (AvgIpc) is 2.95. The van der Waals surface area contributed by atoms with Gasteiger partial charge in [0.15, 0.2) is 0 Å². The largest absolute Gasteiger partial charge is 0.497 e. The Labute approximate surface area is 218 Å². The zero-order valence-electron chi connectivity index (χ0n) is 21.4. The van der Waals surface area contributed by atoms with Crippen molar-refractivity contribution in [3.8, 4) is 5.75 Å².